The van der Waals surface area contributed by atoms with Gasteiger partial charge in [0.1, 0.15) is 0 Å². The van der Waals surface area contributed by atoms with Crippen molar-refractivity contribution < 1.29 is 9.72 Å². The molecule has 0 aromatic carbocycles. The molecule has 0 bridgehead atoms. The lowest BCUT2D eigenvalue weighted by Gasteiger charge is -2.25. The molecule has 1 aliphatic heterocycles. The molecule has 0 spiro atoms. The zero-order chi connectivity index (χ0) is 12.8. The number of allylic oxidation sites excluding steroid dienone is 3. The van der Waals surface area contributed by atoms with E-state index in [0.717, 1.165) is 5.70 Å². The Balaban J connectivity index is 2.41. The van der Waals surface area contributed by atoms with Crippen molar-refractivity contribution in [3.8, 4) is 0 Å². The SMILES string of the molecule is CC(=O)N1CC(C)(C)C2CC=C([N+](=O)[O-])C=C21. The van der Waals surface area contributed by atoms with Crippen molar-refractivity contribution in [2.45, 2.75) is 27.2 Å². The van der Waals surface area contributed by atoms with Gasteiger partial charge in [0.2, 0.25) is 5.91 Å². The van der Waals surface area contributed by atoms with Gasteiger partial charge in [0.15, 0.2) is 0 Å². The summed E-state index contributed by atoms with van der Waals surface area (Å²) in [6.45, 7) is 6.33. The fourth-order valence-electron chi connectivity index (χ4n) is 2.69. The van der Waals surface area contributed by atoms with Crippen LogP contribution < -0.4 is 0 Å². The monoisotopic (exact) mass is 236 g/mol. The van der Waals surface area contributed by atoms with Gasteiger partial charge in [0, 0.05) is 31.2 Å². The van der Waals surface area contributed by atoms with Crippen LogP contribution in [0.5, 0.6) is 0 Å². The summed E-state index contributed by atoms with van der Waals surface area (Å²) in [6, 6.07) is 0. The molecule has 5 nitrogen and oxygen atoms in total. The molecule has 1 atom stereocenters. The van der Waals surface area contributed by atoms with Gasteiger partial charge in [-0.3, -0.25) is 14.9 Å². The largest absolute Gasteiger partial charge is 0.315 e. The van der Waals surface area contributed by atoms with Crippen molar-refractivity contribution in [3.63, 3.8) is 0 Å². The number of carbonyl (C=O) groups is 1. The number of likely N-dealkylation sites (tertiary alicyclic amines) is 1. The van der Waals surface area contributed by atoms with Crippen molar-refractivity contribution in [2.24, 2.45) is 11.3 Å². The summed E-state index contributed by atoms with van der Waals surface area (Å²) >= 11 is 0. The molecule has 0 aromatic heterocycles. The van der Waals surface area contributed by atoms with Crippen LogP contribution >= 0.6 is 0 Å². The quantitative estimate of drug-likeness (QED) is 0.516. The van der Waals surface area contributed by atoms with Crippen LogP contribution in [0.2, 0.25) is 0 Å². The number of amides is 1. The third kappa shape index (κ3) is 1.85. The summed E-state index contributed by atoms with van der Waals surface area (Å²) < 4.78 is 0. The molecule has 1 heterocycles. The Labute approximate surface area is 99.9 Å². The summed E-state index contributed by atoms with van der Waals surface area (Å²) in [4.78, 5) is 23.6. The van der Waals surface area contributed by atoms with Crippen LogP contribution in [0.1, 0.15) is 27.2 Å². The van der Waals surface area contributed by atoms with Crippen molar-refractivity contribution in [1.82, 2.24) is 4.90 Å². The van der Waals surface area contributed by atoms with Gasteiger partial charge in [0.05, 0.1) is 4.92 Å². The van der Waals surface area contributed by atoms with Gasteiger partial charge in [-0.05, 0) is 17.9 Å². The zero-order valence-electron chi connectivity index (χ0n) is 10.3. The molecule has 1 amide bonds. The molecular formula is C12H16N2O3. The van der Waals surface area contributed by atoms with Crippen LogP contribution in [0.3, 0.4) is 0 Å². The fourth-order valence-corrected chi connectivity index (χ4v) is 2.69. The molecule has 92 valence electrons. The summed E-state index contributed by atoms with van der Waals surface area (Å²) in [7, 11) is 0. The van der Waals surface area contributed by atoms with E-state index in [0.29, 0.717) is 13.0 Å². The number of hydrogen-bond acceptors (Lipinski definition) is 3. The first-order chi connectivity index (χ1) is 7.83. The number of carbonyl (C=O) groups excluding carboxylic acids is 1. The van der Waals surface area contributed by atoms with Crippen LogP contribution in [0.25, 0.3) is 0 Å². The average molecular weight is 236 g/mol. The molecule has 1 aliphatic carbocycles. The molecule has 5 heteroatoms. The van der Waals surface area contributed by atoms with Crippen LogP contribution in [-0.4, -0.2) is 22.3 Å². The molecule has 2 aliphatic rings. The summed E-state index contributed by atoms with van der Waals surface area (Å²) in [5.41, 5.74) is 0.882. The minimum Gasteiger partial charge on any atom is -0.315 e. The molecule has 0 saturated carbocycles. The van der Waals surface area contributed by atoms with Gasteiger partial charge in [-0.15, -0.1) is 0 Å². The summed E-state index contributed by atoms with van der Waals surface area (Å²) in [6.07, 6.45) is 3.84. The maximum absolute atomic E-state index is 11.6. The third-order valence-corrected chi connectivity index (χ3v) is 3.63. The Kier molecular flexibility index (Phi) is 2.56. The van der Waals surface area contributed by atoms with Crippen molar-refractivity contribution >= 4 is 5.91 Å². The van der Waals surface area contributed by atoms with E-state index in [2.05, 4.69) is 13.8 Å². The zero-order valence-corrected chi connectivity index (χ0v) is 10.3. The topological polar surface area (TPSA) is 63.5 Å². The van der Waals surface area contributed by atoms with Crippen LogP contribution in [-0.2, 0) is 4.79 Å². The normalized spacial score (nSPS) is 26.1. The third-order valence-electron chi connectivity index (χ3n) is 3.63. The predicted molar refractivity (Wildman–Crippen MR) is 62.4 cm³/mol. The van der Waals surface area contributed by atoms with Crippen molar-refractivity contribution in [3.05, 3.63) is 33.7 Å². The Bertz CT molecular complexity index is 449. The highest BCUT2D eigenvalue weighted by Gasteiger charge is 2.45. The van der Waals surface area contributed by atoms with Gasteiger partial charge >= 0.3 is 0 Å². The molecule has 1 unspecified atom stereocenters. The Hall–Kier alpha value is -1.65. The second-order valence-corrected chi connectivity index (χ2v) is 5.34. The van der Waals surface area contributed by atoms with Gasteiger partial charge in [-0.25, -0.2) is 0 Å². The number of fused-ring (bicyclic) bond motifs is 1. The number of nitrogens with zero attached hydrogens (tertiary/aromatic N) is 2. The molecule has 1 fully saturated rings. The van der Waals surface area contributed by atoms with E-state index in [1.807, 2.05) is 0 Å². The van der Waals surface area contributed by atoms with E-state index in [1.54, 1.807) is 17.1 Å². The van der Waals surface area contributed by atoms with E-state index in [1.165, 1.54) is 6.92 Å². The predicted octanol–water partition coefficient (Wildman–Crippen LogP) is 1.94. The average Bonchev–Trinajstić information content (AvgIpc) is 2.50. The first-order valence-corrected chi connectivity index (χ1v) is 5.67. The number of nitro groups is 1. The standard InChI is InChI=1S/C12H16N2O3/c1-8(15)13-7-12(2,3)10-5-4-9(14(16)17)6-11(10)13/h4,6,10H,5,7H2,1-3H3. The molecule has 0 N–H and O–H groups in total. The van der Waals surface area contributed by atoms with Crippen LogP contribution in [0, 0.1) is 21.4 Å². The van der Waals surface area contributed by atoms with E-state index < -0.39 is 4.92 Å². The first-order valence-electron chi connectivity index (χ1n) is 5.67. The molecular weight excluding hydrogens is 220 g/mol. The minimum atomic E-state index is -0.396. The van der Waals surface area contributed by atoms with Gasteiger partial charge in [-0.2, -0.15) is 0 Å². The number of rotatable bonds is 1. The van der Waals surface area contributed by atoms with Crippen molar-refractivity contribution in [2.75, 3.05) is 6.54 Å². The molecule has 0 aromatic rings. The smallest absolute Gasteiger partial charge is 0.267 e. The highest BCUT2D eigenvalue weighted by Crippen LogP contribution is 2.46. The fraction of sp³-hybridized carbons (Fsp3) is 0.583. The maximum Gasteiger partial charge on any atom is 0.267 e. The summed E-state index contributed by atoms with van der Waals surface area (Å²) in [5.74, 6) is 0.159. The molecule has 1 saturated heterocycles. The molecule has 17 heavy (non-hydrogen) atoms. The van der Waals surface area contributed by atoms with Gasteiger partial charge in [-0.1, -0.05) is 13.8 Å². The van der Waals surface area contributed by atoms with Gasteiger partial charge < -0.3 is 4.90 Å². The van der Waals surface area contributed by atoms with Crippen molar-refractivity contribution in [1.29, 1.82) is 0 Å². The van der Waals surface area contributed by atoms with E-state index in [9.17, 15) is 14.9 Å². The lowest BCUT2D eigenvalue weighted by Crippen LogP contribution is -2.27. The number of hydrogen-bond donors (Lipinski definition) is 0. The molecule has 0 radical (unpaired) electrons. The Morgan fingerprint density at radius 3 is 2.76 bits per heavy atom. The summed E-state index contributed by atoms with van der Waals surface area (Å²) in [5, 5.41) is 10.8. The first kappa shape index (κ1) is 11.8. The highest BCUT2D eigenvalue weighted by atomic mass is 16.6. The highest BCUT2D eigenvalue weighted by molar-refractivity contribution is 5.76. The van der Waals surface area contributed by atoms with E-state index >= 15 is 0 Å². The Morgan fingerprint density at radius 1 is 1.59 bits per heavy atom. The second-order valence-electron chi connectivity index (χ2n) is 5.34. The second kappa shape index (κ2) is 3.68. The van der Waals surface area contributed by atoms with E-state index in [-0.39, 0.29) is 22.9 Å². The maximum atomic E-state index is 11.6. The van der Waals surface area contributed by atoms with Gasteiger partial charge in [0.25, 0.3) is 5.70 Å². The van der Waals surface area contributed by atoms with Crippen LogP contribution in [0.4, 0.5) is 0 Å². The lowest BCUT2D eigenvalue weighted by molar-refractivity contribution is -0.419. The minimum absolute atomic E-state index is 0.0177. The lowest BCUT2D eigenvalue weighted by atomic mass is 9.77. The van der Waals surface area contributed by atoms with E-state index in [4.69, 9.17) is 0 Å². The molecule has 2 rings (SSSR count). The Morgan fingerprint density at radius 2 is 2.24 bits per heavy atom. The van der Waals surface area contributed by atoms with Crippen LogP contribution in [0.15, 0.2) is 23.5 Å².